The Bertz CT molecular complexity index is 1660. The number of fused-ring (bicyclic) bond motifs is 6. The van der Waals surface area contributed by atoms with E-state index in [0.29, 0.717) is 24.3 Å². The number of aromatic hydroxyl groups is 1. The van der Waals surface area contributed by atoms with Crippen LogP contribution in [0.3, 0.4) is 0 Å². The molecule has 0 aliphatic carbocycles. The topological polar surface area (TPSA) is 67.5 Å². The summed E-state index contributed by atoms with van der Waals surface area (Å²) in [4.78, 5) is 29.6. The summed E-state index contributed by atoms with van der Waals surface area (Å²) >= 11 is 0. The fourth-order valence-corrected chi connectivity index (χ4v) is 6.24. The molecule has 6 nitrogen and oxygen atoms in total. The van der Waals surface area contributed by atoms with E-state index in [1.165, 1.54) is 4.57 Å². The van der Waals surface area contributed by atoms with Gasteiger partial charge in [-0.25, -0.2) is 9.36 Å². The molecular formula is C31H25N3O3. The molecule has 1 fully saturated rings. The van der Waals surface area contributed by atoms with Crippen molar-refractivity contribution < 1.29 is 9.90 Å². The summed E-state index contributed by atoms with van der Waals surface area (Å²) in [6.07, 6.45) is 0.635. The number of carbonyl (C=O) groups is 1. The molecule has 1 N–H and O–H groups in total. The highest BCUT2D eigenvalue weighted by molar-refractivity contribution is 5.91. The molecule has 182 valence electrons. The molecule has 0 radical (unpaired) electrons. The molecule has 2 atom stereocenters. The van der Waals surface area contributed by atoms with Gasteiger partial charge in [-0.1, -0.05) is 97.1 Å². The van der Waals surface area contributed by atoms with Crippen LogP contribution in [0.4, 0.5) is 0 Å². The fraction of sp³-hybridized carbons (Fsp3) is 0.161. The summed E-state index contributed by atoms with van der Waals surface area (Å²) in [5.41, 5.74) is 2.77. The molecule has 2 aliphatic heterocycles. The zero-order valence-corrected chi connectivity index (χ0v) is 20.1. The van der Waals surface area contributed by atoms with Crippen LogP contribution in [-0.2, 0) is 4.79 Å². The van der Waals surface area contributed by atoms with Crippen molar-refractivity contribution in [1.82, 2.24) is 14.0 Å². The summed E-state index contributed by atoms with van der Waals surface area (Å²) < 4.78 is 3.10. The Morgan fingerprint density at radius 3 is 2.14 bits per heavy atom. The molecule has 3 heterocycles. The van der Waals surface area contributed by atoms with E-state index in [1.54, 1.807) is 4.57 Å². The van der Waals surface area contributed by atoms with Gasteiger partial charge in [-0.2, -0.15) is 0 Å². The molecule has 37 heavy (non-hydrogen) atoms. The number of aromatic nitrogens is 2. The Morgan fingerprint density at radius 2 is 1.43 bits per heavy atom. The molecule has 4 aromatic carbocycles. The molecule has 1 aromatic heterocycles. The van der Waals surface area contributed by atoms with Crippen molar-refractivity contribution >= 4 is 16.7 Å². The highest BCUT2D eigenvalue weighted by atomic mass is 16.3. The normalized spacial score (nSPS) is 18.0. The van der Waals surface area contributed by atoms with Gasteiger partial charge in [0.25, 0.3) is 0 Å². The van der Waals surface area contributed by atoms with Crippen molar-refractivity contribution in [3.63, 3.8) is 0 Å². The molecule has 1 amide bonds. The second-order valence-electron chi connectivity index (χ2n) is 9.85. The zero-order valence-electron chi connectivity index (χ0n) is 20.1. The van der Waals surface area contributed by atoms with Gasteiger partial charge in [0.2, 0.25) is 11.8 Å². The van der Waals surface area contributed by atoms with Gasteiger partial charge in [0.1, 0.15) is 5.69 Å². The molecule has 5 aromatic rings. The van der Waals surface area contributed by atoms with Gasteiger partial charge in [-0.05, 0) is 29.0 Å². The van der Waals surface area contributed by atoms with Crippen LogP contribution in [-0.4, -0.2) is 31.6 Å². The first-order chi connectivity index (χ1) is 18.1. The van der Waals surface area contributed by atoms with E-state index < -0.39 is 5.92 Å². The number of amides is 1. The molecule has 1 saturated heterocycles. The third kappa shape index (κ3) is 3.18. The van der Waals surface area contributed by atoms with Gasteiger partial charge in [0.05, 0.1) is 23.7 Å². The van der Waals surface area contributed by atoms with Crippen molar-refractivity contribution in [2.75, 3.05) is 6.54 Å². The molecule has 2 bridgehead atoms. The standard InChI is InChI=1S/C31H25N3O3/c35-29(27(21-11-3-1-4-12-21)22-13-5-2-6-14-22)32-19-23-18-26(32)28-30(36)34(31(37)33(23)28)25-17-9-15-20-10-7-8-16-24(20)25/h1-17,23,26-27,36H,18-19H2. The lowest BCUT2D eigenvalue weighted by atomic mass is 9.89. The van der Waals surface area contributed by atoms with E-state index in [4.69, 9.17) is 0 Å². The molecule has 0 spiro atoms. The minimum absolute atomic E-state index is 0.0130. The van der Waals surface area contributed by atoms with Crippen LogP contribution < -0.4 is 5.69 Å². The van der Waals surface area contributed by atoms with E-state index in [-0.39, 0.29) is 29.6 Å². The molecule has 2 aliphatic rings. The smallest absolute Gasteiger partial charge is 0.336 e. The van der Waals surface area contributed by atoms with Crippen molar-refractivity contribution in [1.29, 1.82) is 0 Å². The number of carbonyl (C=O) groups excluding carboxylic acids is 1. The summed E-state index contributed by atoms with van der Waals surface area (Å²) in [6, 6.07) is 32.6. The first-order valence-corrected chi connectivity index (χ1v) is 12.6. The van der Waals surface area contributed by atoms with E-state index in [9.17, 15) is 14.7 Å². The second kappa shape index (κ2) is 8.23. The fourth-order valence-electron chi connectivity index (χ4n) is 6.24. The average molecular weight is 488 g/mol. The first kappa shape index (κ1) is 21.7. The van der Waals surface area contributed by atoms with Crippen LogP contribution in [0.25, 0.3) is 16.5 Å². The Hall–Kier alpha value is -4.58. The molecule has 0 saturated carbocycles. The third-order valence-corrected chi connectivity index (χ3v) is 7.86. The Labute approximate surface area is 213 Å². The molecule has 2 unspecified atom stereocenters. The Balaban J connectivity index is 1.32. The predicted octanol–water partition coefficient (Wildman–Crippen LogP) is 5.16. The van der Waals surface area contributed by atoms with Crippen LogP contribution >= 0.6 is 0 Å². The lowest BCUT2D eigenvalue weighted by molar-refractivity contribution is -0.133. The Kier molecular flexibility index (Phi) is 4.83. The second-order valence-corrected chi connectivity index (χ2v) is 9.85. The largest absolute Gasteiger partial charge is 0.493 e. The van der Waals surface area contributed by atoms with Gasteiger partial charge in [-0.15, -0.1) is 0 Å². The van der Waals surface area contributed by atoms with E-state index in [2.05, 4.69) is 0 Å². The van der Waals surface area contributed by atoms with Crippen molar-refractivity contribution in [3.8, 4) is 11.6 Å². The van der Waals surface area contributed by atoms with Crippen LogP contribution in [0.5, 0.6) is 5.88 Å². The maximum absolute atomic E-state index is 14.1. The van der Waals surface area contributed by atoms with Crippen molar-refractivity contribution in [2.24, 2.45) is 0 Å². The zero-order chi connectivity index (χ0) is 25.1. The van der Waals surface area contributed by atoms with E-state index >= 15 is 0 Å². The maximum Gasteiger partial charge on any atom is 0.336 e. The average Bonchev–Trinajstić information content (AvgIpc) is 3.61. The van der Waals surface area contributed by atoms with Gasteiger partial charge in [-0.3, -0.25) is 9.36 Å². The van der Waals surface area contributed by atoms with Crippen LogP contribution in [0.15, 0.2) is 108 Å². The summed E-state index contributed by atoms with van der Waals surface area (Å²) in [7, 11) is 0. The molecular weight excluding hydrogens is 462 g/mol. The maximum atomic E-state index is 14.1. The number of imidazole rings is 1. The van der Waals surface area contributed by atoms with Crippen LogP contribution in [0.1, 0.15) is 41.2 Å². The lowest BCUT2D eigenvalue weighted by Gasteiger charge is -2.31. The summed E-state index contributed by atoms with van der Waals surface area (Å²) in [6.45, 7) is 0.450. The minimum atomic E-state index is -0.454. The van der Waals surface area contributed by atoms with E-state index in [0.717, 1.165) is 21.9 Å². The molecule has 6 heteroatoms. The van der Waals surface area contributed by atoms with Gasteiger partial charge in [0.15, 0.2) is 0 Å². The summed E-state index contributed by atoms with van der Waals surface area (Å²) in [5.74, 6) is -0.549. The van der Waals surface area contributed by atoms with Crippen LogP contribution in [0.2, 0.25) is 0 Å². The quantitative estimate of drug-likeness (QED) is 0.381. The first-order valence-electron chi connectivity index (χ1n) is 12.6. The molecule has 7 rings (SSSR count). The van der Waals surface area contributed by atoms with Crippen LogP contribution in [0, 0.1) is 0 Å². The Morgan fingerprint density at radius 1 is 0.811 bits per heavy atom. The number of rotatable bonds is 4. The van der Waals surface area contributed by atoms with Crippen molar-refractivity contribution in [3.05, 3.63) is 130 Å². The van der Waals surface area contributed by atoms with Gasteiger partial charge >= 0.3 is 5.69 Å². The predicted molar refractivity (Wildman–Crippen MR) is 142 cm³/mol. The lowest BCUT2D eigenvalue weighted by Crippen LogP contribution is -2.40. The van der Waals surface area contributed by atoms with Gasteiger partial charge in [0, 0.05) is 11.9 Å². The number of nitrogens with zero attached hydrogens (tertiary/aromatic N) is 3. The number of benzene rings is 4. The van der Waals surface area contributed by atoms with E-state index in [1.807, 2.05) is 108 Å². The van der Waals surface area contributed by atoms with Gasteiger partial charge < -0.3 is 10.0 Å². The monoisotopic (exact) mass is 487 g/mol. The number of hydrogen-bond donors (Lipinski definition) is 1. The highest BCUT2D eigenvalue weighted by Crippen LogP contribution is 2.50. The highest BCUT2D eigenvalue weighted by Gasteiger charge is 2.50. The summed E-state index contributed by atoms with van der Waals surface area (Å²) in [5, 5.41) is 13.3. The number of likely N-dealkylation sites (tertiary alicyclic amines) is 1. The SMILES string of the molecule is O=C(C(c1ccccc1)c1ccccc1)N1CC2CC1c1c(O)n(-c3cccc4ccccc34)c(=O)n12. The minimum Gasteiger partial charge on any atom is -0.493 e. The number of hydrogen-bond acceptors (Lipinski definition) is 3. The van der Waals surface area contributed by atoms with Crippen molar-refractivity contribution in [2.45, 2.75) is 24.4 Å². The third-order valence-electron chi connectivity index (χ3n) is 7.86.